The molecule has 132 valence electrons. The van der Waals surface area contributed by atoms with Crippen LogP contribution < -0.4 is 10.1 Å². The third kappa shape index (κ3) is 5.57. The average molecular weight is 364 g/mol. The van der Waals surface area contributed by atoms with Crippen LogP contribution >= 0.6 is 11.3 Å². The Labute approximate surface area is 157 Å². The van der Waals surface area contributed by atoms with Gasteiger partial charge in [-0.15, -0.1) is 11.3 Å². The van der Waals surface area contributed by atoms with E-state index in [0.717, 1.165) is 16.0 Å². The van der Waals surface area contributed by atoms with Gasteiger partial charge in [-0.05, 0) is 42.3 Å². The molecule has 0 unspecified atom stereocenters. The molecule has 0 radical (unpaired) electrons. The van der Waals surface area contributed by atoms with E-state index in [9.17, 15) is 4.79 Å². The van der Waals surface area contributed by atoms with Crippen molar-refractivity contribution in [1.82, 2.24) is 10.3 Å². The van der Waals surface area contributed by atoms with Gasteiger partial charge in [0.25, 0.3) is 0 Å². The van der Waals surface area contributed by atoms with Crippen molar-refractivity contribution in [3.05, 3.63) is 87.8 Å². The van der Waals surface area contributed by atoms with Gasteiger partial charge < -0.3 is 10.1 Å². The van der Waals surface area contributed by atoms with E-state index in [1.165, 1.54) is 4.88 Å². The number of pyridine rings is 1. The third-order valence-electron chi connectivity index (χ3n) is 3.66. The number of thiophene rings is 1. The number of carbonyl (C=O) groups is 1. The first-order valence-electron chi connectivity index (χ1n) is 8.33. The maximum atomic E-state index is 12.0. The highest BCUT2D eigenvalue weighted by molar-refractivity contribution is 7.12. The van der Waals surface area contributed by atoms with Crippen LogP contribution in [0.1, 0.15) is 20.9 Å². The normalized spacial score (nSPS) is 10.8. The molecule has 1 aromatic carbocycles. The molecule has 0 spiro atoms. The lowest BCUT2D eigenvalue weighted by Gasteiger charge is -2.07. The summed E-state index contributed by atoms with van der Waals surface area (Å²) in [4.78, 5) is 18.5. The number of nitrogens with one attached hydrogen (secondary N) is 1. The van der Waals surface area contributed by atoms with E-state index < -0.39 is 0 Å². The van der Waals surface area contributed by atoms with Crippen molar-refractivity contribution < 1.29 is 9.53 Å². The minimum Gasteiger partial charge on any atom is -0.473 e. The summed E-state index contributed by atoms with van der Waals surface area (Å²) in [5.74, 6) is 0.421. The number of hydrogen-bond donors (Lipinski definition) is 1. The van der Waals surface area contributed by atoms with Crippen molar-refractivity contribution in [2.45, 2.75) is 20.1 Å². The Hall–Kier alpha value is -2.92. The zero-order valence-electron chi connectivity index (χ0n) is 14.5. The van der Waals surface area contributed by atoms with Crippen LogP contribution in [0.2, 0.25) is 0 Å². The van der Waals surface area contributed by atoms with Crippen LogP contribution in [0.4, 0.5) is 0 Å². The molecule has 0 aliphatic carbocycles. The SMILES string of the molecule is Cc1ccc(C=CC(=O)NCc2ccnc(OCc3ccccc3)c2)s1. The van der Waals surface area contributed by atoms with E-state index >= 15 is 0 Å². The van der Waals surface area contributed by atoms with Gasteiger partial charge in [0.15, 0.2) is 0 Å². The molecule has 0 bridgehead atoms. The lowest BCUT2D eigenvalue weighted by atomic mass is 10.2. The van der Waals surface area contributed by atoms with Gasteiger partial charge in [0.05, 0.1) is 0 Å². The van der Waals surface area contributed by atoms with Gasteiger partial charge in [0, 0.05) is 34.6 Å². The maximum Gasteiger partial charge on any atom is 0.244 e. The highest BCUT2D eigenvalue weighted by atomic mass is 32.1. The monoisotopic (exact) mass is 364 g/mol. The number of aromatic nitrogens is 1. The van der Waals surface area contributed by atoms with E-state index in [2.05, 4.69) is 10.3 Å². The highest BCUT2D eigenvalue weighted by Crippen LogP contribution is 2.16. The fourth-order valence-corrected chi connectivity index (χ4v) is 3.10. The van der Waals surface area contributed by atoms with Crippen molar-refractivity contribution in [2.75, 3.05) is 0 Å². The summed E-state index contributed by atoms with van der Waals surface area (Å²) < 4.78 is 5.71. The second kappa shape index (κ2) is 8.97. The quantitative estimate of drug-likeness (QED) is 0.634. The van der Waals surface area contributed by atoms with E-state index in [-0.39, 0.29) is 5.91 Å². The van der Waals surface area contributed by atoms with Gasteiger partial charge in [-0.2, -0.15) is 0 Å². The van der Waals surface area contributed by atoms with E-state index in [0.29, 0.717) is 19.0 Å². The molecule has 0 saturated carbocycles. The van der Waals surface area contributed by atoms with Crippen molar-refractivity contribution in [3.8, 4) is 5.88 Å². The lowest BCUT2D eigenvalue weighted by Crippen LogP contribution is -2.20. The van der Waals surface area contributed by atoms with E-state index in [1.54, 1.807) is 23.6 Å². The molecule has 26 heavy (non-hydrogen) atoms. The molecule has 5 heteroatoms. The molecule has 2 heterocycles. The number of amides is 1. The second-order valence-corrected chi connectivity index (χ2v) is 7.10. The maximum absolute atomic E-state index is 12.0. The summed E-state index contributed by atoms with van der Waals surface area (Å²) >= 11 is 1.66. The molecule has 0 aliphatic rings. The Balaban J connectivity index is 1.50. The lowest BCUT2D eigenvalue weighted by molar-refractivity contribution is -0.116. The Morgan fingerprint density at radius 3 is 2.77 bits per heavy atom. The van der Waals surface area contributed by atoms with Crippen molar-refractivity contribution in [3.63, 3.8) is 0 Å². The molecule has 1 amide bonds. The Morgan fingerprint density at radius 2 is 2.00 bits per heavy atom. The molecule has 0 fully saturated rings. The smallest absolute Gasteiger partial charge is 0.244 e. The fourth-order valence-electron chi connectivity index (χ4n) is 2.32. The second-order valence-electron chi connectivity index (χ2n) is 5.78. The van der Waals surface area contributed by atoms with Crippen LogP contribution in [-0.4, -0.2) is 10.9 Å². The number of carbonyl (C=O) groups excluding carboxylic acids is 1. The molecule has 2 aromatic heterocycles. The summed E-state index contributed by atoms with van der Waals surface area (Å²) in [6, 6.07) is 17.7. The van der Waals surface area contributed by atoms with Crippen LogP contribution in [0.15, 0.2) is 66.9 Å². The number of benzene rings is 1. The first kappa shape index (κ1) is 17.9. The topological polar surface area (TPSA) is 51.2 Å². The zero-order valence-corrected chi connectivity index (χ0v) is 15.3. The predicted octanol–water partition coefficient (Wildman–Crippen LogP) is 4.36. The third-order valence-corrected chi connectivity index (χ3v) is 4.62. The van der Waals surface area contributed by atoms with Crippen LogP contribution in [0.5, 0.6) is 5.88 Å². The van der Waals surface area contributed by atoms with Gasteiger partial charge in [-0.1, -0.05) is 30.3 Å². The first-order valence-corrected chi connectivity index (χ1v) is 9.15. The van der Waals surface area contributed by atoms with E-state index in [4.69, 9.17) is 4.74 Å². The van der Waals surface area contributed by atoms with E-state index in [1.807, 2.05) is 67.6 Å². The summed E-state index contributed by atoms with van der Waals surface area (Å²) in [5, 5.41) is 2.87. The average Bonchev–Trinajstić information content (AvgIpc) is 3.09. The van der Waals surface area contributed by atoms with Crippen molar-refractivity contribution in [2.24, 2.45) is 0 Å². The van der Waals surface area contributed by atoms with Gasteiger partial charge in [-0.25, -0.2) is 4.98 Å². The zero-order chi connectivity index (χ0) is 18.2. The molecule has 4 nitrogen and oxygen atoms in total. The number of aryl methyl sites for hydroxylation is 1. The van der Waals surface area contributed by atoms with Gasteiger partial charge in [-0.3, -0.25) is 4.79 Å². The van der Waals surface area contributed by atoms with Crippen LogP contribution in [0.25, 0.3) is 6.08 Å². The van der Waals surface area contributed by atoms with Gasteiger partial charge in [0.1, 0.15) is 6.61 Å². The molecular formula is C21H20N2O2S. The van der Waals surface area contributed by atoms with Crippen LogP contribution in [-0.2, 0) is 17.9 Å². The minimum absolute atomic E-state index is 0.125. The molecule has 0 atom stereocenters. The summed E-state index contributed by atoms with van der Waals surface area (Å²) in [7, 11) is 0. The minimum atomic E-state index is -0.125. The summed E-state index contributed by atoms with van der Waals surface area (Å²) in [5.41, 5.74) is 2.03. The largest absolute Gasteiger partial charge is 0.473 e. The Morgan fingerprint density at radius 1 is 1.15 bits per heavy atom. The summed E-state index contributed by atoms with van der Waals surface area (Å²) in [6.45, 7) is 2.94. The Bertz CT molecular complexity index is 888. The van der Waals surface area contributed by atoms with Gasteiger partial charge >= 0.3 is 0 Å². The summed E-state index contributed by atoms with van der Waals surface area (Å²) in [6.07, 6.45) is 5.07. The first-order chi connectivity index (χ1) is 12.7. The molecule has 1 N–H and O–H groups in total. The number of rotatable bonds is 7. The molecule has 0 saturated heterocycles. The molecular weight excluding hydrogens is 344 g/mol. The number of ether oxygens (including phenoxy) is 1. The molecule has 3 rings (SSSR count). The van der Waals surface area contributed by atoms with Crippen LogP contribution in [0, 0.1) is 6.92 Å². The number of nitrogens with zero attached hydrogens (tertiary/aromatic N) is 1. The molecule has 3 aromatic rings. The van der Waals surface area contributed by atoms with Crippen molar-refractivity contribution >= 4 is 23.3 Å². The Kier molecular flexibility index (Phi) is 6.17. The molecule has 0 aliphatic heterocycles. The predicted molar refractivity (Wildman–Crippen MR) is 105 cm³/mol. The van der Waals surface area contributed by atoms with Crippen LogP contribution in [0.3, 0.4) is 0 Å². The van der Waals surface area contributed by atoms with Crippen molar-refractivity contribution in [1.29, 1.82) is 0 Å². The van der Waals surface area contributed by atoms with Gasteiger partial charge in [0.2, 0.25) is 11.8 Å². The highest BCUT2D eigenvalue weighted by Gasteiger charge is 2.02. The number of hydrogen-bond acceptors (Lipinski definition) is 4. The standard InChI is InChI=1S/C21H20N2O2S/c1-16-7-8-19(26-16)9-10-20(24)23-14-18-11-12-22-21(13-18)25-15-17-5-3-2-4-6-17/h2-13H,14-15H2,1H3,(H,23,24). The fraction of sp³-hybridized carbons (Fsp3) is 0.143.